The number of pyridine rings is 3. The monoisotopic (exact) mass is 385 g/mol. The van der Waals surface area contributed by atoms with Crippen molar-refractivity contribution in [2.75, 3.05) is 5.73 Å². The predicted molar refractivity (Wildman–Crippen MR) is 111 cm³/mol. The number of hydrogen-bond donors (Lipinski definition) is 2. The highest BCUT2D eigenvalue weighted by molar-refractivity contribution is 6.01. The maximum absolute atomic E-state index is 12.9. The number of aromatic nitrogens is 3. The van der Waals surface area contributed by atoms with E-state index in [4.69, 9.17) is 5.73 Å². The largest absolute Gasteiger partial charge is 0.383 e. The lowest BCUT2D eigenvalue weighted by molar-refractivity contribution is 0.0951. The number of carbonyl (C=O) groups is 1. The Kier molecular flexibility index (Phi) is 5.03. The van der Waals surface area contributed by atoms with Gasteiger partial charge in [0.05, 0.1) is 35.2 Å². The zero-order valence-electron chi connectivity index (χ0n) is 15.6. The van der Waals surface area contributed by atoms with Gasteiger partial charge in [0.15, 0.2) is 0 Å². The smallest absolute Gasteiger partial charge is 0.260 e. The lowest BCUT2D eigenvalue weighted by Gasteiger charge is -2.10. The number of amides is 1. The number of nitrogens with two attached hydrogens (primary N) is 1. The maximum atomic E-state index is 12.9. The first-order chi connectivity index (χ1) is 14.1. The van der Waals surface area contributed by atoms with Crippen LogP contribution in [0.2, 0.25) is 0 Å². The number of anilines is 1. The summed E-state index contributed by atoms with van der Waals surface area (Å²) in [5.74, 6) is -0.323. The Balaban J connectivity index is 1.64. The third-order valence-electron chi connectivity index (χ3n) is 4.58. The van der Waals surface area contributed by atoms with E-state index in [1.165, 1.54) is 6.07 Å². The van der Waals surface area contributed by atoms with Gasteiger partial charge >= 0.3 is 0 Å². The molecule has 0 bridgehead atoms. The van der Waals surface area contributed by atoms with Gasteiger partial charge in [-0.25, -0.2) is 4.98 Å². The average molecular weight is 385 g/mol. The number of nitrogen functional groups attached to an aromatic ring is 1. The highest BCUT2D eigenvalue weighted by Crippen LogP contribution is 2.16. The highest BCUT2D eigenvalue weighted by Gasteiger charge is 2.15. The Morgan fingerprint density at radius 2 is 1.86 bits per heavy atom. The lowest BCUT2D eigenvalue weighted by atomic mass is 10.1. The third-order valence-corrected chi connectivity index (χ3v) is 4.58. The van der Waals surface area contributed by atoms with Gasteiger partial charge < -0.3 is 15.6 Å². The molecule has 0 saturated heterocycles. The number of nitrogens with one attached hydrogen (secondary N) is 1. The van der Waals surface area contributed by atoms with Gasteiger partial charge in [0.1, 0.15) is 5.82 Å². The molecule has 29 heavy (non-hydrogen) atoms. The minimum absolute atomic E-state index is 0.0798. The SMILES string of the molecule is Nc1nc2ccn(Cc3ccccc3)c(=O)c2cc1C(=O)NCc1ccccn1. The summed E-state index contributed by atoms with van der Waals surface area (Å²) in [4.78, 5) is 34.0. The summed E-state index contributed by atoms with van der Waals surface area (Å²) < 4.78 is 1.59. The number of benzene rings is 1. The molecule has 0 atom stereocenters. The number of rotatable bonds is 5. The zero-order valence-corrected chi connectivity index (χ0v) is 15.6. The van der Waals surface area contributed by atoms with Crippen molar-refractivity contribution in [3.63, 3.8) is 0 Å². The molecular weight excluding hydrogens is 366 g/mol. The normalized spacial score (nSPS) is 10.8. The first-order valence-corrected chi connectivity index (χ1v) is 9.13. The van der Waals surface area contributed by atoms with Crippen molar-refractivity contribution in [2.45, 2.75) is 13.1 Å². The van der Waals surface area contributed by atoms with Crippen LogP contribution < -0.4 is 16.6 Å². The molecule has 0 aliphatic rings. The second kappa shape index (κ2) is 7.93. The van der Waals surface area contributed by atoms with Gasteiger partial charge in [-0.15, -0.1) is 0 Å². The fraction of sp³-hybridized carbons (Fsp3) is 0.0909. The quantitative estimate of drug-likeness (QED) is 0.549. The molecular formula is C22H19N5O2. The summed E-state index contributed by atoms with van der Waals surface area (Å²) >= 11 is 0. The van der Waals surface area contributed by atoms with Crippen LogP contribution in [0, 0.1) is 0 Å². The Bertz CT molecular complexity index is 1220. The molecule has 0 unspecified atom stereocenters. The molecule has 3 heterocycles. The first-order valence-electron chi connectivity index (χ1n) is 9.13. The van der Waals surface area contributed by atoms with Crippen molar-refractivity contribution in [2.24, 2.45) is 0 Å². The van der Waals surface area contributed by atoms with Gasteiger partial charge in [0.2, 0.25) is 0 Å². The molecule has 1 amide bonds. The van der Waals surface area contributed by atoms with E-state index in [2.05, 4.69) is 15.3 Å². The van der Waals surface area contributed by atoms with Crippen LogP contribution >= 0.6 is 0 Å². The molecule has 7 heteroatoms. The molecule has 0 aliphatic carbocycles. The van der Waals surface area contributed by atoms with Crippen LogP contribution in [0.4, 0.5) is 5.82 Å². The van der Waals surface area contributed by atoms with Crippen LogP contribution in [0.5, 0.6) is 0 Å². The number of hydrogen-bond acceptors (Lipinski definition) is 5. The molecule has 144 valence electrons. The Labute approximate surface area is 166 Å². The molecule has 0 radical (unpaired) electrons. The number of carbonyl (C=O) groups excluding carboxylic acids is 1. The summed E-state index contributed by atoms with van der Waals surface area (Å²) in [5, 5.41) is 3.11. The van der Waals surface area contributed by atoms with E-state index in [1.54, 1.807) is 29.1 Å². The second-order valence-electron chi connectivity index (χ2n) is 6.59. The predicted octanol–water partition coefficient (Wildman–Crippen LogP) is 2.35. The molecule has 3 aromatic heterocycles. The van der Waals surface area contributed by atoms with Crippen LogP contribution in [-0.2, 0) is 13.1 Å². The van der Waals surface area contributed by atoms with Gasteiger partial charge in [-0.2, -0.15) is 0 Å². The number of nitrogens with zero attached hydrogens (tertiary/aromatic N) is 3. The summed E-state index contributed by atoms with van der Waals surface area (Å²) in [5.41, 5.74) is 8.10. The maximum Gasteiger partial charge on any atom is 0.260 e. The molecule has 3 N–H and O–H groups in total. The van der Waals surface area contributed by atoms with Gasteiger partial charge in [-0.1, -0.05) is 36.4 Å². The molecule has 0 saturated carbocycles. The van der Waals surface area contributed by atoms with Crippen LogP contribution in [-0.4, -0.2) is 20.4 Å². The van der Waals surface area contributed by atoms with E-state index in [-0.39, 0.29) is 23.5 Å². The van der Waals surface area contributed by atoms with Crippen LogP contribution in [0.3, 0.4) is 0 Å². The molecule has 4 aromatic rings. The van der Waals surface area contributed by atoms with Crippen molar-refractivity contribution in [3.05, 3.63) is 100 Å². The zero-order chi connectivity index (χ0) is 20.2. The molecule has 1 aromatic carbocycles. The topological polar surface area (TPSA) is 103 Å². The van der Waals surface area contributed by atoms with E-state index in [0.717, 1.165) is 11.3 Å². The number of fused-ring (bicyclic) bond motifs is 1. The van der Waals surface area contributed by atoms with Crippen LogP contribution in [0.1, 0.15) is 21.6 Å². The van der Waals surface area contributed by atoms with Crippen molar-refractivity contribution in [1.82, 2.24) is 19.9 Å². The molecule has 0 spiro atoms. The van der Waals surface area contributed by atoms with Crippen molar-refractivity contribution in [1.29, 1.82) is 0 Å². The first kappa shape index (κ1) is 18.4. The lowest BCUT2D eigenvalue weighted by Crippen LogP contribution is -2.26. The van der Waals surface area contributed by atoms with E-state index < -0.39 is 5.91 Å². The summed E-state index contributed by atoms with van der Waals surface area (Å²) in [6.07, 6.45) is 3.34. The Morgan fingerprint density at radius 1 is 1.07 bits per heavy atom. The Morgan fingerprint density at radius 3 is 2.62 bits per heavy atom. The molecule has 0 fully saturated rings. The minimum atomic E-state index is -0.402. The van der Waals surface area contributed by atoms with Crippen molar-refractivity contribution in [3.8, 4) is 0 Å². The van der Waals surface area contributed by atoms with Crippen LogP contribution in [0.25, 0.3) is 10.9 Å². The van der Waals surface area contributed by atoms with Gasteiger partial charge in [-0.05, 0) is 29.8 Å². The van der Waals surface area contributed by atoms with Gasteiger partial charge in [-0.3, -0.25) is 14.6 Å². The Hall–Kier alpha value is -4.00. The molecule has 7 nitrogen and oxygen atoms in total. The van der Waals surface area contributed by atoms with Crippen LogP contribution in [0.15, 0.2) is 77.9 Å². The average Bonchev–Trinajstić information content (AvgIpc) is 2.75. The molecule has 0 aliphatic heterocycles. The van der Waals surface area contributed by atoms with Crippen molar-refractivity contribution < 1.29 is 4.79 Å². The standard InChI is InChI=1S/C22H19N5O2/c23-20-18(21(28)25-13-16-8-4-5-10-24-16)12-17-19(26-20)9-11-27(22(17)29)14-15-6-2-1-3-7-15/h1-12H,13-14H2,(H2,23,26)(H,25,28). The summed E-state index contributed by atoms with van der Waals surface area (Å²) in [6.45, 7) is 0.686. The third kappa shape index (κ3) is 3.98. The minimum Gasteiger partial charge on any atom is -0.383 e. The van der Waals surface area contributed by atoms with Crippen molar-refractivity contribution >= 4 is 22.6 Å². The van der Waals surface area contributed by atoms with E-state index in [9.17, 15) is 9.59 Å². The summed E-state index contributed by atoms with van der Waals surface area (Å²) in [7, 11) is 0. The second-order valence-corrected chi connectivity index (χ2v) is 6.59. The fourth-order valence-electron chi connectivity index (χ4n) is 3.08. The van der Waals surface area contributed by atoms with E-state index in [1.807, 2.05) is 42.5 Å². The van der Waals surface area contributed by atoms with Gasteiger partial charge in [0.25, 0.3) is 11.5 Å². The highest BCUT2D eigenvalue weighted by atomic mass is 16.1. The fourth-order valence-corrected chi connectivity index (χ4v) is 3.08. The van der Waals surface area contributed by atoms with E-state index >= 15 is 0 Å². The van der Waals surface area contributed by atoms with E-state index in [0.29, 0.717) is 17.4 Å². The van der Waals surface area contributed by atoms with Gasteiger partial charge in [0, 0.05) is 12.4 Å². The molecule has 4 rings (SSSR count). The summed E-state index contributed by atoms with van der Waals surface area (Å²) in [6, 6.07) is 18.4.